The van der Waals surface area contributed by atoms with Crippen LogP contribution in [-0.2, 0) is 24.2 Å². The summed E-state index contributed by atoms with van der Waals surface area (Å²) in [4.78, 5) is 2.41. The Labute approximate surface area is 125 Å². The van der Waals surface area contributed by atoms with Gasteiger partial charge in [0.25, 0.3) is 0 Å². The van der Waals surface area contributed by atoms with Crippen molar-refractivity contribution in [3.63, 3.8) is 0 Å². The normalized spacial score (nSPS) is 14.6. The molecule has 0 saturated carbocycles. The number of phenolic OH excluding ortho intramolecular Hbond substituents is 1. The van der Waals surface area contributed by atoms with Crippen LogP contribution in [0, 0.1) is 0 Å². The zero-order chi connectivity index (χ0) is 14.7. The van der Waals surface area contributed by atoms with Crippen molar-refractivity contribution >= 4 is 5.69 Å². The maximum atomic E-state index is 10.1. The SMILES string of the molecule is COCc1cc2c(cc1O)CCN(c1ccccc1)CC2. The monoisotopic (exact) mass is 283 g/mol. The van der Waals surface area contributed by atoms with Crippen LogP contribution < -0.4 is 4.90 Å². The van der Waals surface area contributed by atoms with Crippen molar-refractivity contribution in [3.05, 3.63) is 59.2 Å². The number of para-hydroxylation sites is 1. The number of benzene rings is 2. The molecule has 0 bridgehead atoms. The van der Waals surface area contributed by atoms with Crippen molar-refractivity contribution in [2.45, 2.75) is 19.4 Å². The van der Waals surface area contributed by atoms with E-state index in [1.54, 1.807) is 7.11 Å². The largest absolute Gasteiger partial charge is 0.508 e. The van der Waals surface area contributed by atoms with Gasteiger partial charge < -0.3 is 14.7 Å². The van der Waals surface area contributed by atoms with Crippen LogP contribution in [0.1, 0.15) is 16.7 Å². The number of aromatic hydroxyl groups is 1. The van der Waals surface area contributed by atoms with E-state index in [1.165, 1.54) is 16.8 Å². The summed E-state index contributed by atoms with van der Waals surface area (Å²) in [5.41, 5.74) is 4.74. The molecule has 21 heavy (non-hydrogen) atoms. The minimum Gasteiger partial charge on any atom is -0.508 e. The average Bonchev–Trinajstić information content (AvgIpc) is 2.71. The van der Waals surface area contributed by atoms with Crippen molar-refractivity contribution < 1.29 is 9.84 Å². The third-order valence-electron chi connectivity index (χ3n) is 4.12. The molecule has 1 aliphatic rings. The summed E-state index contributed by atoms with van der Waals surface area (Å²) < 4.78 is 5.15. The molecule has 2 aromatic rings. The minimum absolute atomic E-state index is 0.351. The number of hydrogen-bond donors (Lipinski definition) is 1. The Bertz CT molecular complexity index is 610. The van der Waals surface area contributed by atoms with Crippen LogP contribution in [0.4, 0.5) is 5.69 Å². The lowest BCUT2D eigenvalue weighted by Crippen LogP contribution is -2.25. The predicted octanol–water partition coefficient (Wildman–Crippen LogP) is 3.14. The van der Waals surface area contributed by atoms with Gasteiger partial charge in [-0.05, 0) is 48.2 Å². The Hall–Kier alpha value is -2.00. The fourth-order valence-corrected chi connectivity index (χ4v) is 2.98. The van der Waals surface area contributed by atoms with Gasteiger partial charge in [0.05, 0.1) is 6.61 Å². The van der Waals surface area contributed by atoms with Gasteiger partial charge in [0.2, 0.25) is 0 Å². The standard InChI is InChI=1S/C18H21NO2/c1-21-13-16-11-14-7-9-19(17-5-3-2-4-6-17)10-8-15(14)12-18(16)20/h2-6,11-12,20H,7-10,13H2,1H3. The molecule has 0 fully saturated rings. The lowest BCUT2D eigenvalue weighted by molar-refractivity contribution is 0.182. The van der Waals surface area contributed by atoms with Crippen LogP contribution in [0.5, 0.6) is 5.75 Å². The molecule has 0 atom stereocenters. The van der Waals surface area contributed by atoms with Gasteiger partial charge in [0.15, 0.2) is 0 Å². The maximum absolute atomic E-state index is 10.1. The van der Waals surface area contributed by atoms with Gasteiger partial charge >= 0.3 is 0 Å². The molecule has 1 heterocycles. The van der Waals surface area contributed by atoms with Crippen molar-refractivity contribution in [1.29, 1.82) is 0 Å². The van der Waals surface area contributed by atoms with Crippen LogP contribution in [0.3, 0.4) is 0 Å². The molecule has 0 aromatic heterocycles. The summed E-state index contributed by atoms with van der Waals surface area (Å²) in [6.45, 7) is 2.45. The molecule has 0 unspecified atom stereocenters. The third-order valence-corrected chi connectivity index (χ3v) is 4.12. The lowest BCUT2D eigenvalue weighted by atomic mass is 9.99. The highest BCUT2D eigenvalue weighted by molar-refractivity contribution is 5.49. The highest BCUT2D eigenvalue weighted by atomic mass is 16.5. The van der Waals surface area contributed by atoms with Crippen molar-refractivity contribution in [3.8, 4) is 5.75 Å². The number of anilines is 1. The van der Waals surface area contributed by atoms with E-state index in [4.69, 9.17) is 4.74 Å². The maximum Gasteiger partial charge on any atom is 0.121 e. The molecule has 110 valence electrons. The summed E-state index contributed by atoms with van der Waals surface area (Å²) in [5, 5.41) is 10.1. The molecule has 3 rings (SSSR count). The van der Waals surface area contributed by atoms with Gasteiger partial charge in [-0.3, -0.25) is 0 Å². The zero-order valence-corrected chi connectivity index (χ0v) is 12.4. The van der Waals surface area contributed by atoms with Crippen molar-refractivity contribution in [2.75, 3.05) is 25.1 Å². The Balaban J connectivity index is 1.82. The van der Waals surface area contributed by atoms with E-state index in [2.05, 4.69) is 35.2 Å². The summed E-state index contributed by atoms with van der Waals surface area (Å²) in [5.74, 6) is 0.351. The second kappa shape index (κ2) is 6.19. The number of rotatable bonds is 3. The first-order valence-electron chi connectivity index (χ1n) is 7.40. The molecule has 3 nitrogen and oxygen atoms in total. The molecule has 0 spiro atoms. The highest BCUT2D eigenvalue weighted by Gasteiger charge is 2.16. The van der Waals surface area contributed by atoms with Gasteiger partial charge in [0.1, 0.15) is 5.75 Å². The summed E-state index contributed by atoms with van der Waals surface area (Å²) in [6, 6.07) is 14.5. The van der Waals surface area contributed by atoms with Gasteiger partial charge in [-0.15, -0.1) is 0 Å². The van der Waals surface area contributed by atoms with E-state index in [0.29, 0.717) is 12.4 Å². The van der Waals surface area contributed by atoms with Gasteiger partial charge in [-0.2, -0.15) is 0 Å². The smallest absolute Gasteiger partial charge is 0.121 e. The van der Waals surface area contributed by atoms with E-state index in [1.807, 2.05) is 12.1 Å². The van der Waals surface area contributed by atoms with E-state index >= 15 is 0 Å². The van der Waals surface area contributed by atoms with Crippen LogP contribution in [0.15, 0.2) is 42.5 Å². The Kier molecular flexibility index (Phi) is 4.11. The van der Waals surface area contributed by atoms with E-state index < -0.39 is 0 Å². The molecule has 1 N–H and O–H groups in total. The summed E-state index contributed by atoms with van der Waals surface area (Å²) >= 11 is 0. The predicted molar refractivity (Wildman–Crippen MR) is 84.9 cm³/mol. The average molecular weight is 283 g/mol. The Morgan fingerprint density at radius 1 is 1.05 bits per heavy atom. The first-order valence-corrected chi connectivity index (χ1v) is 7.40. The molecular formula is C18H21NO2. The third kappa shape index (κ3) is 3.03. The highest BCUT2D eigenvalue weighted by Crippen LogP contribution is 2.27. The zero-order valence-electron chi connectivity index (χ0n) is 12.4. The van der Waals surface area contributed by atoms with Crippen LogP contribution in [0.2, 0.25) is 0 Å². The lowest BCUT2D eigenvalue weighted by Gasteiger charge is -2.22. The summed E-state index contributed by atoms with van der Waals surface area (Å²) in [6.07, 6.45) is 1.96. The first kappa shape index (κ1) is 14.0. The number of ether oxygens (including phenoxy) is 1. The van der Waals surface area contributed by atoms with E-state index in [-0.39, 0.29) is 0 Å². The second-order valence-electron chi connectivity index (χ2n) is 5.51. The van der Waals surface area contributed by atoms with Crippen LogP contribution >= 0.6 is 0 Å². The van der Waals surface area contributed by atoms with Gasteiger partial charge in [-0.25, -0.2) is 0 Å². The molecule has 3 heteroatoms. The fourth-order valence-electron chi connectivity index (χ4n) is 2.98. The first-order chi connectivity index (χ1) is 10.3. The minimum atomic E-state index is 0.351. The second-order valence-corrected chi connectivity index (χ2v) is 5.51. The molecular weight excluding hydrogens is 262 g/mol. The summed E-state index contributed by atoms with van der Waals surface area (Å²) in [7, 11) is 1.66. The molecule has 2 aromatic carbocycles. The van der Waals surface area contributed by atoms with Crippen molar-refractivity contribution in [1.82, 2.24) is 0 Å². The van der Waals surface area contributed by atoms with Crippen molar-refractivity contribution in [2.24, 2.45) is 0 Å². The topological polar surface area (TPSA) is 32.7 Å². The van der Waals surface area contributed by atoms with Crippen LogP contribution in [-0.4, -0.2) is 25.3 Å². The molecule has 1 aliphatic heterocycles. The number of hydrogen-bond acceptors (Lipinski definition) is 3. The Morgan fingerprint density at radius 3 is 2.38 bits per heavy atom. The molecule has 0 amide bonds. The quantitative estimate of drug-likeness (QED) is 0.939. The number of fused-ring (bicyclic) bond motifs is 1. The number of methoxy groups -OCH3 is 1. The number of nitrogens with zero attached hydrogens (tertiary/aromatic N) is 1. The number of phenols is 1. The Morgan fingerprint density at radius 2 is 1.71 bits per heavy atom. The van der Waals surface area contributed by atoms with Gasteiger partial charge in [0, 0.05) is 31.5 Å². The van der Waals surface area contributed by atoms with Gasteiger partial charge in [-0.1, -0.05) is 18.2 Å². The molecule has 0 aliphatic carbocycles. The van der Waals surface area contributed by atoms with E-state index in [9.17, 15) is 5.11 Å². The van der Waals surface area contributed by atoms with E-state index in [0.717, 1.165) is 31.5 Å². The van der Waals surface area contributed by atoms with Crippen LogP contribution in [0.25, 0.3) is 0 Å². The fraction of sp³-hybridized carbons (Fsp3) is 0.333. The molecule has 0 saturated heterocycles. The molecule has 0 radical (unpaired) electrons.